The molecule has 1 saturated heterocycles. The first-order valence-electron chi connectivity index (χ1n) is 10.4. The number of nitro groups is 1. The molecule has 1 unspecified atom stereocenters. The Morgan fingerprint density at radius 2 is 1.75 bits per heavy atom. The van der Waals surface area contributed by atoms with Crippen LogP contribution in [0.2, 0.25) is 0 Å². The summed E-state index contributed by atoms with van der Waals surface area (Å²) in [5.74, 6) is -0.834. The smallest absolute Gasteiger partial charge is 0.272 e. The Hall–Kier alpha value is -3.75. The van der Waals surface area contributed by atoms with E-state index < -0.39 is 11.0 Å². The SMILES string of the molecule is Cc1cc(C(=O)N2CCCC2C(=O)Nc2ccc(C(=O)NC(C)C)cc2)ccc1[N+](=O)[O-]. The molecule has 0 saturated carbocycles. The van der Waals surface area contributed by atoms with E-state index in [4.69, 9.17) is 0 Å². The number of nitrogens with one attached hydrogen (secondary N) is 2. The van der Waals surface area contributed by atoms with Gasteiger partial charge in [0.25, 0.3) is 17.5 Å². The van der Waals surface area contributed by atoms with E-state index in [1.54, 1.807) is 31.2 Å². The number of amides is 3. The van der Waals surface area contributed by atoms with E-state index in [2.05, 4.69) is 10.6 Å². The van der Waals surface area contributed by atoms with E-state index in [0.29, 0.717) is 41.8 Å². The van der Waals surface area contributed by atoms with Crippen LogP contribution in [0.4, 0.5) is 11.4 Å². The van der Waals surface area contributed by atoms with E-state index in [1.165, 1.54) is 23.1 Å². The van der Waals surface area contributed by atoms with Crippen molar-refractivity contribution in [2.24, 2.45) is 0 Å². The zero-order valence-electron chi connectivity index (χ0n) is 18.3. The Bertz CT molecular complexity index is 1050. The molecule has 0 aliphatic carbocycles. The van der Waals surface area contributed by atoms with E-state index in [1.807, 2.05) is 13.8 Å². The molecule has 32 heavy (non-hydrogen) atoms. The van der Waals surface area contributed by atoms with Crippen molar-refractivity contribution in [1.82, 2.24) is 10.2 Å². The van der Waals surface area contributed by atoms with E-state index in [9.17, 15) is 24.5 Å². The van der Waals surface area contributed by atoms with Crippen molar-refractivity contribution in [3.63, 3.8) is 0 Å². The van der Waals surface area contributed by atoms with Gasteiger partial charge in [0.1, 0.15) is 6.04 Å². The normalized spacial score (nSPS) is 15.5. The fraction of sp³-hybridized carbons (Fsp3) is 0.348. The lowest BCUT2D eigenvalue weighted by Gasteiger charge is -2.24. The highest BCUT2D eigenvalue weighted by Gasteiger charge is 2.35. The Kier molecular flexibility index (Phi) is 6.87. The van der Waals surface area contributed by atoms with Crippen LogP contribution >= 0.6 is 0 Å². The van der Waals surface area contributed by atoms with Crippen LogP contribution in [0.5, 0.6) is 0 Å². The van der Waals surface area contributed by atoms with Crippen LogP contribution in [0.25, 0.3) is 0 Å². The summed E-state index contributed by atoms with van der Waals surface area (Å²) in [6, 6.07) is 10.1. The molecule has 1 atom stereocenters. The molecule has 1 fully saturated rings. The topological polar surface area (TPSA) is 122 Å². The first-order valence-corrected chi connectivity index (χ1v) is 10.4. The second kappa shape index (κ2) is 9.59. The van der Waals surface area contributed by atoms with Crippen molar-refractivity contribution in [2.75, 3.05) is 11.9 Å². The third-order valence-corrected chi connectivity index (χ3v) is 5.29. The second-order valence-corrected chi connectivity index (χ2v) is 8.11. The summed E-state index contributed by atoms with van der Waals surface area (Å²) in [6.45, 7) is 5.76. The predicted molar refractivity (Wildman–Crippen MR) is 120 cm³/mol. The molecule has 2 aromatic carbocycles. The Balaban J connectivity index is 1.69. The molecule has 3 rings (SSSR count). The van der Waals surface area contributed by atoms with Gasteiger partial charge in [0.2, 0.25) is 5.91 Å². The summed E-state index contributed by atoms with van der Waals surface area (Å²) in [5, 5.41) is 16.6. The summed E-state index contributed by atoms with van der Waals surface area (Å²) in [4.78, 5) is 49.9. The lowest BCUT2D eigenvalue weighted by molar-refractivity contribution is -0.385. The van der Waals surface area contributed by atoms with Gasteiger partial charge in [-0.15, -0.1) is 0 Å². The molecular formula is C23H26N4O5. The number of hydrogen-bond donors (Lipinski definition) is 2. The molecular weight excluding hydrogens is 412 g/mol. The van der Waals surface area contributed by atoms with Gasteiger partial charge < -0.3 is 15.5 Å². The minimum atomic E-state index is -0.637. The van der Waals surface area contributed by atoms with Gasteiger partial charge in [-0.05, 0) is 70.0 Å². The van der Waals surface area contributed by atoms with Crippen LogP contribution in [0.1, 0.15) is 53.0 Å². The van der Waals surface area contributed by atoms with Gasteiger partial charge in [-0.25, -0.2) is 0 Å². The van der Waals surface area contributed by atoms with Gasteiger partial charge in [0.05, 0.1) is 4.92 Å². The van der Waals surface area contributed by atoms with Crippen molar-refractivity contribution in [3.8, 4) is 0 Å². The molecule has 9 heteroatoms. The number of aryl methyl sites for hydroxylation is 1. The number of nitro benzene ring substituents is 1. The van der Waals surface area contributed by atoms with Crippen molar-refractivity contribution < 1.29 is 19.3 Å². The van der Waals surface area contributed by atoms with Gasteiger partial charge in [0, 0.05) is 41.0 Å². The number of rotatable bonds is 6. The molecule has 0 bridgehead atoms. The molecule has 9 nitrogen and oxygen atoms in total. The average molecular weight is 438 g/mol. The van der Waals surface area contributed by atoms with Crippen LogP contribution in [0.3, 0.4) is 0 Å². The van der Waals surface area contributed by atoms with Crippen LogP contribution < -0.4 is 10.6 Å². The number of nitrogens with zero attached hydrogens (tertiary/aromatic N) is 2. The number of carbonyl (C=O) groups excluding carboxylic acids is 3. The quantitative estimate of drug-likeness (QED) is 0.529. The monoisotopic (exact) mass is 438 g/mol. The van der Waals surface area contributed by atoms with Crippen molar-refractivity contribution in [3.05, 3.63) is 69.3 Å². The molecule has 168 valence electrons. The van der Waals surface area contributed by atoms with Gasteiger partial charge >= 0.3 is 0 Å². The number of benzene rings is 2. The zero-order chi connectivity index (χ0) is 23.4. The van der Waals surface area contributed by atoms with E-state index in [-0.39, 0.29) is 29.5 Å². The third kappa shape index (κ3) is 5.11. The molecule has 1 aliphatic rings. The van der Waals surface area contributed by atoms with Gasteiger partial charge in [-0.2, -0.15) is 0 Å². The van der Waals surface area contributed by atoms with Crippen LogP contribution in [0.15, 0.2) is 42.5 Å². The maximum Gasteiger partial charge on any atom is 0.272 e. The molecule has 1 aliphatic heterocycles. The van der Waals surface area contributed by atoms with Crippen molar-refractivity contribution >= 4 is 29.1 Å². The average Bonchev–Trinajstić information content (AvgIpc) is 3.23. The fourth-order valence-electron chi connectivity index (χ4n) is 3.72. The number of hydrogen-bond acceptors (Lipinski definition) is 5. The van der Waals surface area contributed by atoms with E-state index >= 15 is 0 Å². The summed E-state index contributed by atoms with van der Waals surface area (Å²) in [5.41, 5.74) is 1.67. The van der Waals surface area contributed by atoms with Gasteiger partial charge in [-0.1, -0.05) is 0 Å². The predicted octanol–water partition coefficient (Wildman–Crippen LogP) is 3.28. The number of anilines is 1. The Morgan fingerprint density at radius 1 is 1.09 bits per heavy atom. The standard InChI is InChI=1S/C23H26N4O5/c1-14(2)24-21(28)16-6-9-18(10-7-16)25-22(29)20-5-4-12-26(20)23(30)17-8-11-19(27(31)32)15(3)13-17/h6-11,13-14,20H,4-5,12H2,1-3H3,(H,24,28)(H,25,29). The van der Waals surface area contributed by atoms with Gasteiger partial charge in [-0.3, -0.25) is 24.5 Å². The lowest BCUT2D eigenvalue weighted by Crippen LogP contribution is -2.43. The van der Waals surface area contributed by atoms with Crippen LogP contribution in [0, 0.1) is 17.0 Å². The summed E-state index contributed by atoms with van der Waals surface area (Å²) < 4.78 is 0. The van der Waals surface area contributed by atoms with Gasteiger partial charge in [0.15, 0.2) is 0 Å². The van der Waals surface area contributed by atoms with Crippen LogP contribution in [-0.4, -0.2) is 46.2 Å². The van der Waals surface area contributed by atoms with Crippen molar-refractivity contribution in [2.45, 2.75) is 45.7 Å². The first kappa shape index (κ1) is 22.9. The maximum absolute atomic E-state index is 13.0. The number of carbonyl (C=O) groups is 3. The lowest BCUT2D eigenvalue weighted by atomic mass is 10.1. The molecule has 3 amide bonds. The highest BCUT2D eigenvalue weighted by molar-refractivity contribution is 6.02. The maximum atomic E-state index is 13.0. The Morgan fingerprint density at radius 3 is 2.34 bits per heavy atom. The minimum Gasteiger partial charge on any atom is -0.350 e. The second-order valence-electron chi connectivity index (χ2n) is 8.11. The molecule has 2 aromatic rings. The summed E-state index contributed by atoms with van der Waals surface area (Å²) >= 11 is 0. The summed E-state index contributed by atoms with van der Waals surface area (Å²) in [7, 11) is 0. The zero-order valence-corrected chi connectivity index (χ0v) is 18.3. The van der Waals surface area contributed by atoms with E-state index in [0.717, 1.165) is 0 Å². The molecule has 2 N–H and O–H groups in total. The molecule has 0 spiro atoms. The number of likely N-dealkylation sites (tertiary alicyclic amines) is 1. The summed E-state index contributed by atoms with van der Waals surface area (Å²) in [6.07, 6.45) is 1.21. The van der Waals surface area contributed by atoms with Crippen molar-refractivity contribution in [1.29, 1.82) is 0 Å². The van der Waals surface area contributed by atoms with Crippen LogP contribution in [-0.2, 0) is 4.79 Å². The largest absolute Gasteiger partial charge is 0.350 e. The first-order chi connectivity index (χ1) is 15.2. The molecule has 1 heterocycles. The molecule has 0 aromatic heterocycles. The highest BCUT2D eigenvalue weighted by Crippen LogP contribution is 2.25. The minimum absolute atomic E-state index is 0.0207. The fourth-order valence-corrected chi connectivity index (χ4v) is 3.72. The Labute approximate surface area is 185 Å². The third-order valence-electron chi connectivity index (χ3n) is 5.29. The molecule has 0 radical (unpaired) electrons. The highest BCUT2D eigenvalue weighted by atomic mass is 16.6.